The summed E-state index contributed by atoms with van der Waals surface area (Å²) in [4.78, 5) is 19.9. The molecule has 6 heteroatoms. The molecule has 1 saturated heterocycles. The summed E-state index contributed by atoms with van der Waals surface area (Å²) in [5.41, 5.74) is 7.75. The number of carbonyl (C=O) groups is 1. The Labute approximate surface area is 138 Å². The molecule has 3 heterocycles. The van der Waals surface area contributed by atoms with Crippen molar-refractivity contribution < 1.29 is 4.79 Å². The van der Waals surface area contributed by atoms with E-state index in [0.717, 1.165) is 29.0 Å². The van der Waals surface area contributed by atoms with Gasteiger partial charge in [-0.3, -0.25) is 4.79 Å². The molecule has 5 nitrogen and oxygen atoms in total. The van der Waals surface area contributed by atoms with E-state index in [9.17, 15) is 4.79 Å². The molecule has 0 unspecified atom stereocenters. The third kappa shape index (κ3) is 2.49. The van der Waals surface area contributed by atoms with Crippen molar-refractivity contribution in [2.24, 2.45) is 10.7 Å². The Bertz CT molecular complexity index is 761. The van der Waals surface area contributed by atoms with Gasteiger partial charge in [-0.1, -0.05) is 18.2 Å². The Hall–Kier alpha value is -2.34. The zero-order valence-electron chi connectivity index (χ0n) is 12.7. The summed E-state index contributed by atoms with van der Waals surface area (Å²) < 4.78 is 0. The van der Waals surface area contributed by atoms with Gasteiger partial charge in [-0.2, -0.15) is 0 Å². The highest BCUT2D eigenvalue weighted by Crippen LogP contribution is 2.34. The first-order valence-corrected chi connectivity index (χ1v) is 8.61. The van der Waals surface area contributed by atoms with E-state index in [-0.39, 0.29) is 11.6 Å². The van der Waals surface area contributed by atoms with Crippen molar-refractivity contribution in [3.63, 3.8) is 0 Å². The number of piperidine rings is 1. The maximum Gasteiger partial charge on any atom is 0.263 e. The molecule has 3 N–H and O–H groups in total. The minimum absolute atomic E-state index is 0.114. The summed E-state index contributed by atoms with van der Waals surface area (Å²) in [6.07, 6.45) is 1.53. The monoisotopic (exact) mass is 326 g/mol. The second-order valence-corrected chi connectivity index (χ2v) is 6.92. The summed E-state index contributed by atoms with van der Waals surface area (Å²) in [7, 11) is 0. The molecule has 0 radical (unpaired) electrons. The Morgan fingerprint density at radius 1 is 1.22 bits per heavy atom. The number of rotatable bonds is 1. The van der Waals surface area contributed by atoms with Crippen LogP contribution in [-0.4, -0.2) is 35.4 Å². The van der Waals surface area contributed by atoms with Gasteiger partial charge in [0.05, 0.1) is 4.88 Å². The summed E-state index contributed by atoms with van der Waals surface area (Å²) in [5, 5.41) is 5.47. The highest BCUT2D eigenvalue weighted by Gasteiger charge is 2.38. The van der Waals surface area contributed by atoms with Crippen molar-refractivity contribution in [2.45, 2.75) is 18.5 Å². The third-order valence-corrected chi connectivity index (χ3v) is 5.37. The van der Waals surface area contributed by atoms with Crippen molar-refractivity contribution >= 4 is 28.8 Å². The second kappa shape index (κ2) is 5.38. The number of anilines is 1. The Balaban J connectivity index is 1.52. The molecule has 2 aliphatic rings. The average molecular weight is 326 g/mol. The van der Waals surface area contributed by atoms with Crippen LogP contribution in [0.15, 0.2) is 46.8 Å². The zero-order valence-corrected chi connectivity index (χ0v) is 13.5. The van der Waals surface area contributed by atoms with Crippen LogP contribution in [0, 0.1) is 0 Å². The van der Waals surface area contributed by atoms with E-state index in [1.54, 1.807) is 0 Å². The summed E-state index contributed by atoms with van der Waals surface area (Å²) in [6, 6.07) is 11.7. The van der Waals surface area contributed by atoms with Crippen LogP contribution in [-0.2, 0) is 0 Å². The summed E-state index contributed by atoms with van der Waals surface area (Å²) >= 11 is 1.49. The predicted octanol–water partition coefficient (Wildman–Crippen LogP) is 2.51. The number of nitrogens with one attached hydrogen (secondary N) is 1. The Morgan fingerprint density at radius 2 is 2.00 bits per heavy atom. The van der Waals surface area contributed by atoms with E-state index in [2.05, 4.69) is 5.32 Å². The molecule has 1 amide bonds. The van der Waals surface area contributed by atoms with Crippen molar-refractivity contribution in [3.05, 3.63) is 52.2 Å². The molecular formula is C17H18N4OS. The van der Waals surface area contributed by atoms with Gasteiger partial charge in [-0.15, -0.1) is 11.3 Å². The normalized spacial score (nSPS) is 19.0. The summed E-state index contributed by atoms with van der Waals surface area (Å²) in [6.45, 7) is 1.37. The van der Waals surface area contributed by atoms with Gasteiger partial charge in [0, 0.05) is 37.2 Å². The first-order chi connectivity index (χ1) is 11.2. The fourth-order valence-electron chi connectivity index (χ4n) is 3.26. The van der Waals surface area contributed by atoms with Crippen molar-refractivity contribution in [2.75, 3.05) is 18.4 Å². The first kappa shape index (κ1) is 14.3. The smallest absolute Gasteiger partial charge is 0.263 e. The van der Waals surface area contributed by atoms with E-state index in [4.69, 9.17) is 10.7 Å². The number of hydrogen-bond acceptors (Lipinski definition) is 5. The van der Waals surface area contributed by atoms with Crippen LogP contribution in [0.3, 0.4) is 0 Å². The number of carbonyl (C=O) groups excluding carboxylic acids is 1. The van der Waals surface area contributed by atoms with E-state index in [1.807, 2.05) is 46.7 Å². The van der Waals surface area contributed by atoms with Crippen LogP contribution >= 0.6 is 11.3 Å². The number of nitrogens with two attached hydrogens (primary N) is 1. The lowest BCUT2D eigenvalue weighted by molar-refractivity contribution is 0.0690. The van der Waals surface area contributed by atoms with E-state index < -0.39 is 0 Å². The lowest BCUT2D eigenvalue weighted by Crippen LogP contribution is -2.52. The lowest BCUT2D eigenvalue weighted by Gasteiger charge is -2.42. The van der Waals surface area contributed by atoms with Gasteiger partial charge in [-0.25, -0.2) is 4.99 Å². The zero-order chi connectivity index (χ0) is 15.9. The fourth-order valence-corrected chi connectivity index (χ4v) is 3.95. The first-order valence-electron chi connectivity index (χ1n) is 7.73. The van der Waals surface area contributed by atoms with Crippen LogP contribution in [0.1, 0.15) is 28.1 Å². The average Bonchev–Trinajstić information content (AvgIpc) is 3.09. The lowest BCUT2D eigenvalue weighted by atomic mass is 9.93. The number of nitrogens with zero attached hydrogens (tertiary/aromatic N) is 2. The topological polar surface area (TPSA) is 70.7 Å². The highest BCUT2D eigenvalue weighted by molar-refractivity contribution is 7.12. The Morgan fingerprint density at radius 3 is 2.74 bits per heavy atom. The van der Waals surface area contributed by atoms with Crippen LogP contribution < -0.4 is 11.1 Å². The minimum atomic E-state index is -0.384. The molecule has 0 aliphatic carbocycles. The molecule has 1 spiro atoms. The molecule has 1 fully saturated rings. The van der Waals surface area contributed by atoms with Crippen LogP contribution in [0.25, 0.3) is 0 Å². The van der Waals surface area contributed by atoms with Gasteiger partial charge in [-0.05, 0) is 23.6 Å². The number of fused-ring (bicyclic) bond motifs is 1. The van der Waals surface area contributed by atoms with Gasteiger partial charge < -0.3 is 16.0 Å². The molecule has 1 aromatic carbocycles. The fraction of sp³-hybridized carbons (Fsp3) is 0.294. The van der Waals surface area contributed by atoms with Gasteiger partial charge in [0.2, 0.25) is 0 Å². The maximum atomic E-state index is 12.5. The molecular weight excluding hydrogens is 308 g/mol. The van der Waals surface area contributed by atoms with Gasteiger partial charge >= 0.3 is 0 Å². The molecule has 2 aromatic rings. The molecule has 118 valence electrons. The van der Waals surface area contributed by atoms with Crippen LogP contribution in [0.5, 0.6) is 0 Å². The number of benzene rings is 1. The van der Waals surface area contributed by atoms with Crippen LogP contribution in [0.2, 0.25) is 0 Å². The van der Waals surface area contributed by atoms with Crippen LogP contribution in [0.4, 0.5) is 5.69 Å². The molecule has 23 heavy (non-hydrogen) atoms. The van der Waals surface area contributed by atoms with E-state index in [1.165, 1.54) is 11.3 Å². The van der Waals surface area contributed by atoms with E-state index in [0.29, 0.717) is 18.9 Å². The number of para-hydroxylation sites is 1. The Kier molecular flexibility index (Phi) is 3.34. The van der Waals surface area contributed by atoms with Crippen molar-refractivity contribution in [1.29, 1.82) is 0 Å². The standard InChI is InChI=1S/C17H18N4OS/c18-15-12-4-1-2-5-13(12)19-17(20-15)7-9-21(10-8-17)16(22)14-6-3-11-23-14/h1-6,11,19H,7-10H2,(H2,18,20). The molecule has 0 bridgehead atoms. The van der Waals surface area contributed by atoms with Gasteiger partial charge in [0.1, 0.15) is 11.5 Å². The number of aliphatic imine (C=N–C) groups is 1. The number of hydrogen-bond donors (Lipinski definition) is 2. The van der Waals surface area contributed by atoms with Gasteiger partial charge in [0.25, 0.3) is 5.91 Å². The summed E-state index contributed by atoms with van der Waals surface area (Å²) in [5.74, 6) is 0.695. The number of likely N-dealkylation sites (tertiary alicyclic amines) is 1. The quantitative estimate of drug-likeness (QED) is 0.846. The largest absolute Gasteiger partial charge is 0.383 e. The minimum Gasteiger partial charge on any atom is -0.383 e. The van der Waals surface area contributed by atoms with Crippen molar-refractivity contribution in [1.82, 2.24) is 4.90 Å². The number of amidine groups is 1. The van der Waals surface area contributed by atoms with Crippen molar-refractivity contribution in [3.8, 4) is 0 Å². The molecule has 2 aliphatic heterocycles. The molecule has 4 rings (SSSR count). The predicted molar refractivity (Wildman–Crippen MR) is 93.0 cm³/mol. The van der Waals surface area contributed by atoms with Gasteiger partial charge in [0.15, 0.2) is 0 Å². The maximum absolute atomic E-state index is 12.5. The second-order valence-electron chi connectivity index (χ2n) is 5.97. The SMILES string of the molecule is NC1=NC2(CCN(C(=O)c3cccs3)CC2)Nc2ccccc21. The highest BCUT2D eigenvalue weighted by atomic mass is 32.1. The number of thiophene rings is 1. The molecule has 1 aromatic heterocycles. The number of amides is 1. The molecule has 0 atom stereocenters. The van der Waals surface area contributed by atoms with E-state index >= 15 is 0 Å². The molecule has 0 saturated carbocycles. The third-order valence-electron chi connectivity index (χ3n) is 4.51.